The van der Waals surface area contributed by atoms with Crippen molar-refractivity contribution < 1.29 is 24.5 Å². The van der Waals surface area contributed by atoms with Crippen LogP contribution in [0.4, 0.5) is 0 Å². The van der Waals surface area contributed by atoms with Crippen LogP contribution in [0.25, 0.3) is 0 Å². The lowest BCUT2D eigenvalue weighted by Gasteiger charge is -2.48. The van der Waals surface area contributed by atoms with Crippen LogP contribution < -0.4 is 4.74 Å². The molecule has 3 aliphatic carbocycles. The molecule has 1 aromatic rings. The first-order valence-corrected chi connectivity index (χ1v) is 10.9. The second-order valence-electron chi connectivity index (χ2n) is 10.2. The third-order valence-corrected chi connectivity index (χ3v) is 8.88. The van der Waals surface area contributed by atoms with Crippen LogP contribution in [0.2, 0.25) is 0 Å². The van der Waals surface area contributed by atoms with Crippen LogP contribution in [0.3, 0.4) is 0 Å². The Morgan fingerprint density at radius 1 is 1.27 bits per heavy atom. The SMILES string of the molecule is CC(OC1(O)C=CC=CC1C(=O)O)c1ccc2c(c1)C1(C)C3(C)CCC(C3)C1(C)O2. The van der Waals surface area contributed by atoms with E-state index in [-0.39, 0.29) is 16.4 Å². The Kier molecular flexibility index (Phi) is 3.95. The molecule has 160 valence electrons. The van der Waals surface area contributed by atoms with E-state index in [0.717, 1.165) is 11.3 Å². The van der Waals surface area contributed by atoms with Crippen molar-refractivity contribution in [1.29, 1.82) is 0 Å². The lowest BCUT2D eigenvalue weighted by Crippen LogP contribution is -2.54. The molecule has 0 radical (unpaired) electrons. The Hall–Kier alpha value is -2.11. The van der Waals surface area contributed by atoms with Crippen molar-refractivity contribution >= 4 is 5.97 Å². The standard InChI is InChI=1S/C25H30O5/c1-15(29-25(28)11-6-5-7-18(25)21(26)27)16-8-9-20-19(13-16)23(3)22(2)12-10-17(14-22)24(23,4)30-20/h5-9,11,13,15,17-18,28H,10,12,14H2,1-4H3,(H,26,27). The summed E-state index contributed by atoms with van der Waals surface area (Å²) in [5, 5.41) is 20.4. The highest BCUT2D eigenvalue weighted by atomic mass is 16.6. The smallest absolute Gasteiger partial charge is 0.316 e. The average Bonchev–Trinajstić information content (AvgIpc) is 3.25. The number of aliphatic hydroxyl groups is 1. The number of rotatable bonds is 4. The molecule has 0 aromatic heterocycles. The van der Waals surface area contributed by atoms with Crippen molar-refractivity contribution in [2.24, 2.45) is 17.3 Å². The summed E-state index contributed by atoms with van der Waals surface area (Å²) < 4.78 is 12.5. The lowest BCUT2D eigenvalue weighted by molar-refractivity contribution is -0.222. The molecule has 7 atom stereocenters. The van der Waals surface area contributed by atoms with Crippen molar-refractivity contribution in [1.82, 2.24) is 0 Å². The molecule has 0 amide bonds. The summed E-state index contributed by atoms with van der Waals surface area (Å²) in [6.07, 6.45) is 9.22. The molecule has 30 heavy (non-hydrogen) atoms. The molecule has 2 bridgehead atoms. The summed E-state index contributed by atoms with van der Waals surface area (Å²) in [6, 6.07) is 6.12. The van der Waals surface area contributed by atoms with Gasteiger partial charge in [-0.15, -0.1) is 0 Å². The van der Waals surface area contributed by atoms with E-state index in [1.54, 1.807) is 12.2 Å². The van der Waals surface area contributed by atoms with E-state index in [0.29, 0.717) is 5.92 Å². The summed E-state index contributed by atoms with van der Waals surface area (Å²) in [7, 11) is 0. The van der Waals surface area contributed by atoms with E-state index >= 15 is 0 Å². The molecule has 2 saturated carbocycles. The largest absolute Gasteiger partial charge is 0.486 e. The molecular weight excluding hydrogens is 380 g/mol. The van der Waals surface area contributed by atoms with Crippen molar-refractivity contribution in [3.8, 4) is 5.75 Å². The van der Waals surface area contributed by atoms with Gasteiger partial charge in [0.1, 0.15) is 17.3 Å². The zero-order valence-electron chi connectivity index (χ0n) is 18.0. The van der Waals surface area contributed by atoms with Gasteiger partial charge in [0.15, 0.2) is 0 Å². The summed E-state index contributed by atoms with van der Waals surface area (Å²) in [6.45, 7) is 8.85. The van der Waals surface area contributed by atoms with E-state index in [9.17, 15) is 15.0 Å². The Labute approximate surface area is 177 Å². The van der Waals surface area contributed by atoms with Gasteiger partial charge in [0.05, 0.1) is 6.10 Å². The maximum absolute atomic E-state index is 11.6. The number of fused-ring (bicyclic) bond motifs is 7. The number of ether oxygens (including phenoxy) is 2. The summed E-state index contributed by atoms with van der Waals surface area (Å²) in [5.41, 5.74) is 2.04. The molecule has 2 fully saturated rings. The molecule has 5 heteroatoms. The van der Waals surface area contributed by atoms with Crippen LogP contribution in [0, 0.1) is 17.3 Å². The Balaban J connectivity index is 1.49. The monoisotopic (exact) mass is 410 g/mol. The fourth-order valence-corrected chi connectivity index (χ4v) is 6.79. The number of carbonyl (C=O) groups is 1. The fraction of sp³-hybridized carbons (Fsp3) is 0.560. The normalized spacial score (nSPS) is 43.9. The van der Waals surface area contributed by atoms with E-state index in [1.807, 2.05) is 19.1 Å². The molecule has 1 aromatic carbocycles. The quantitative estimate of drug-likeness (QED) is 0.715. The molecule has 7 unspecified atom stereocenters. The third-order valence-electron chi connectivity index (χ3n) is 8.88. The predicted octanol–water partition coefficient (Wildman–Crippen LogP) is 4.51. The second-order valence-corrected chi connectivity index (χ2v) is 10.2. The maximum Gasteiger partial charge on any atom is 0.316 e. The van der Waals surface area contributed by atoms with Crippen LogP contribution in [-0.2, 0) is 14.9 Å². The van der Waals surface area contributed by atoms with Crippen molar-refractivity contribution in [3.05, 3.63) is 53.6 Å². The van der Waals surface area contributed by atoms with Gasteiger partial charge in [-0.05, 0) is 68.2 Å². The van der Waals surface area contributed by atoms with Gasteiger partial charge < -0.3 is 19.7 Å². The van der Waals surface area contributed by atoms with Gasteiger partial charge in [0.25, 0.3) is 0 Å². The third kappa shape index (κ3) is 2.28. The number of carboxylic acids is 1. The minimum Gasteiger partial charge on any atom is -0.486 e. The molecule has 4 aliphatic rings. The van der Waals surface area contributed by atoms with Gasteiger partial charge in [-0.1, -0.05) is 38.1 Å². The molecule has 2 N–H and O–H groups in total. The van der Waals surface area contributed by atoms with Gasteiger partial charge in [-0.3, -0.25) is 4.79 Å². The van der Waals surface area contributed by atoms with Crippen molar-refractivity contribution in [3.63, 3.8) is 0 Å². The lowest BCUT2D eigenvalue weighted by atomic mass is 9.56. The van der Waals surface area contributed by atoms with Crippen LogP contribution >= 0.6 is 0 Å². The summed E-state index contributed by atoms with van der Waals surface area (Å²) >= 11 is 0. The zero-order valence-corrected chi connectivity index (χ0v) is 18.0. The van der Waals surface area contributed by atoms with Gasteiger partial charge in [0, 0.05) is 11.0 Å². The van der Waals surface area contributed by atoms with Crippen LogP contribution in [0.5, 0.6) is 5.75 Å². The second kappa shape index (κ2) is 5.98. The van der Waals surface area contributed by atoms with E-state index < -0.39 is 23.8 Å². The molecular formula is C25H30O5. The zero-order chi connectivity index (χ0) is 21.5. The number of hydrogen-bond donors (Lipinski definition) is 2. The minimum absolute atomic E-state index is 0.0814. The van der Waals surface area contributed by atoms with Crippen molar-refractivity contribution in [2.45, 2.75) is 69.9 Å². The predicted molar refractivity (Wildman–Crippen MR) is 112 cm³/mol. The Bertz CT molecular complexity index is 982. The first-order chi connectivity index (χ1) is 14.0. The summed E-state index contributed by atoms with van der Waals surface area (Å²) in [4.78, 5) is 11.6. The molecule has 0 spiro atoms. The molecule has 5 rings (SSSR count). The van der Waals surface area contributed by atoms with Gasteiger partial charge in [-0.25, -0.2) is 0 Å². The number of aliphatic carboxylic acids is 1. The Morgan fingerprint density at radius 3 is 2.77 bits per heavy atom. The number of hydrogen-bond acceptors (Lipinski definition) is 4. The number of allylic oxidation sites excluding steroid dienone is 2. The molecule has 1 aliphatic heterocycles. The van der Waals surface area contributed by atoms with Gasteiger partial charge >= 0.3 is 5.97 Å². The van der Waals surface area contributed by atoms with E-state index in [1.165, 1.54) is 37.0 Å². The minimum atomic E-state index is -1.88. The average molecular weight is 411 g/mol. The highest BCUT2D eigenvalue weighted by Gasteiger charge is 2.73. The van der Waals surface area contributed by atoms with Crippen molar-refractivity contribution in [2.75, 3.05) is 0 Å². The fourth-order valence-electron chi connectivity index (χ4n) is 6.79. The highest BCUT2D eigenvalue weighted by molar-refractivity contribution is 5.74. The first-order valence-electron chi connectivity index (χ1n) is 10.9. The summed E-state index contributed by atoms with van der Waals surface area (Å²) in [5.74, 6) is -2.64. The number of carboxylic acid groups (broad SMARTS) is 1. The maximum atomic E-state index is 11.6. The van der Waals surface area contributed by atoms with Crippen LogP contribution in [0.15, 0.2) is 42.5 Å². The van der Waals surface area contributed by atoms with Crippen LogP contribution in [0.1, 0.15) is 64.2 Å². The molecule has 1 heterocycles. The van der Waals surface area contributed by atoms with E-state index in [4.69, 9.17) is 9.47 Å². The number of benzene rings is 1. The van der Waals surface area contributed by atoms with Gasteiger partial charge in [0.2, 0.25) is 5.79 Å². The first kappa shape index (κ1) is 19.8. The molecule has 0 saturated heterocycles. The van der Waals surface area contributed by atoms with Gasteiger partial charge in [-0.2, -0.15) is 0 Å². The van der Waals surface area contributed by atoms with E-state index in [2.05, 4.69) is 26.8 Å². The van der Waals surface area contributed by atoms with Crippen LogP contribution in [-0.4, -0.2) is 27.6 Å². The Morgan fingerprint density at radius 2 is 2.03 bits per heavy atom. The topological polar surface area (TPSA) is 76.0 Å². The molecule has 5 nitrogen and oxygen atoms in total. The highest BCUT2D eigenvalue weighted by Crippen LogP contribution is 2.73.